The zero-order valence-corrected chi connectivity index (χ0v) is 15.4. The number of aryl methyl sites for hydroxylation is 1. The summed E-state index contributed by atoms with van der Waals surface area (Å²) in [5.74, 6) is 1.56. The molecule has 0 spiro atoms. The van der Waals surface area contributed by atoms with Crippen molar-refractivity contribution >= 4 is 38.7 Å². The Morgan fingerprint density at radius 1 is 1.21 bits per heavy atom. The number of nitrogens with zero attached hydrogens (tertiary/aromatic N) is 2. The van der Waals surface area contributed by atoms with Gasteiger partial charge in [0.2, 0.25) is 0 Å². The minimum Gasteiger partial charge on any atom is -0.326 e. The number of benzene rings is 2. The standard InChI is InChI=1S/C17H14BrF3N2S/c1-3-24-14-7-5-4-6-11(14)16-22-13-9-10(17(19,20)21)8-12(18)15(13)23(16)2/h4-9H,3H2,1-2H3. The third-order valence-corrected chi connectivity index (χ3v) is 5.24. The number of rotatable bonds is 3. The van der Waals surface area contributed by atoms with E-state index < -0.39 is 11.7 Å². The molecular formula is C17H14BrF3N2S. The summed E-state index contributed by atoms with van der Waals surface area (Å²) in [7, 11) is 1.82. The van der Waals surface area contributed by atoms with Gasteiger partial charge < -0.3 is 4.57 Å². The zero-order valence-electron chi connectivity index (χ0n) is 13.0. The van der Waals surface area contributed by atoms with Gasteiger partial charge in [-0.3, -0.25) is 0 Å². The third kappa shape index (κ3) is 3.07. The van der Waals surface area contributed by atoms with Gasteiger partial charge in [-0.15, -0.1) is 11.8 Å². The van der Waals surface area contributed by atoms with Crippen molar-refractivity contribution in [1.82, 2.24) is 9.55 Å². The molecule has 0 amide bonds. The topological polar surface area (TPSA) is 17.8 Å². The summed E-state index contributed by atoms with van der Waals surface area (Å²) in [6.07, 6.45) is -4.40. The molecule has 0 saturated carbocycles. The van der Waals surface area contributed by atoms with Crippen LogP contribution < -0.4 is 0 Å². The van der Waals surface area contributed by atoms with Crippen molar-refractivity contribution < 1.29 is 13.2 Å². The van der Waals surface area contributed by atoms with Gasteiger partial charge in [-0.05, 0) is 39.9 Å². The molecule has 0 saturated heterocycles. The number of thioether (sulfide) groups is 1. The average molecular weight is 415 g/mol. The van der Waals surface area contributed by atoms with Gasteiger partial charge in [-0.1, -0.05) is 25.1 Å². The van der Waals surface area contributed by atoms with Crippen molar-refractivity contribution in [3.05, 3.63) is 46.4 Å². The maximum absolute atomic E-state index is 13.0. The highest BCUT2D eigenvalue weighted by atomic mass is 79.9. The molecule has 3 aromatic rings. The van der Waals surface area contributed by atoms with Crippen LogP contribution in [0.1, 0.15) is 12.5 Å². The molecule has 0 bridgehead atoms. The minimum atomic E-state index is -4.40. The Kier molecular flexibility index (Phi) is 4.66. The lowest BCUT2D eigenvalue weighted by Crippen LogP contribution is -2.04. The molecule has 24 heavy (non-hydrogen) atoms. The summed E-state index contributed by atoms with van der Waals surface area (Å²) in [6.45, 7) is 2.06. The smallest absolute Gasteiger partial charge is 0.326 e. The van der Waals surface area contributed by atoms with Crippen LogP contribution in [0.15, 0.2) is 45.8 Å². The van der Waals surface area contributed by atoms with Crippen LogP contribution in [0, 0.1) is 0 Å². The fourth-order valence-corrected chi connectivity index (χ4v) is 4.15. The quantitative estimate of drug-likeness (QED) is 0.479. The highest BCUT2D eigenvalue weighted by Gasteiger charge is 2.32. The molecule has 0 radical (unpaired) electrons. The van der Waals surface area contributed by atoms with Crippen LogP contribution in [-0.2, 0) is 13.2 Å². The van der Waals surface area contributed by atoms with E-state index in [1.807, 2.05) is 35.9 Å². The number of hydrogen-bond donors (Lipinski definition) is 0. The molecule has 1 aromatic heterocycles. The first kappa shape index (κ1) is 17.4. The van der Waals surface area contributed by atoms with Crippen molar-refractivity contribution in [3.63, 3.8) is 0 Å². The number of imidazole rings is 1. The molecule has 0 aliphatic rings. The van der Waals surface area contributed by atoms with E-state index in [1.165, 1.54) is 0 Å². The van der Waals surface area contributed by atoms with Gasteiger partial charge in [0.25, 0.3) is 0 Å². The van der Waals surface area contributed by atoms with Gasteiger partial charge in [0.15, 0.2) is 0 Å². The Labute approximate surface area is 150 Å². The van der Waals surface area contributed by atoms with Crippen LogP contribution in [0.25, 0.3) is 22.4 Å². The van der Waals surface area contributed by atoms with Gasteiger partial charge in [0.05, 0.1) is 16.6 Å². The van der Waals surface area contributed by atoms with Crippen molar-refractivity contribution in [3.8, 4) is 11.4 Å². The fourth-order valence-electron chi connectivity index (χ4n) is 2.63. The maximum atomic E-state index is 13.0. The molecule has 3 rings (SSSR count). The second kappa shape index (κ2) is 6.44. The Morgan fingerprint density at radius 2 is 1.92 bits per heavy atom. The van der Waals surface area contributed by atoms with E-state index in [0.29, 0.717) is 21.3 Å². The molecule has 0 unspecified atom stereocenters. The summed E-state index contributed by atoms with van der Waals surface area (Å²) >= 11 is 4.94. The molecule has 0 N–H and O–H groups in total. The molecule has 126 valence electrons. The first-order valence-corrected chi connectivity index (χ1v) is 9.06. The van der Waals surface area contributed by atoms with Crippen LogP contribution in [0.5, 0.6) is 0 Å². The third-order valence-electron chi connectivity index (χ3n) is 3.68. The van der Waals surface area contributed by atoms with E-state index in [9.17, 15) is 13.2 Å². The normalized spacial score (nSPS) is 12.1. The molecule has 2 aromatic carbocycles. The number of fused-ring (bicyclic) bond motifs is 1. The Balaban J connectivity index is 2.25. The van der Waals surface area contributed by atoms with E-state index in [1.54, 1.807) is 11.8 Å². The summed E-state index contributed by atoms with van der Waals surface area (Å²) in [5, 5.41) is 0. The first-order chi connectivity index (χ1) is 11.3. The van der Waals surface area contributed by atoms with Crippen LogP contribution in [0.4, 0.5) is 13.2 Å². The van der Waals surface area contributed by atoms with Crippen molar-refractivity contribution in [2.24, 2.45) is 7.05 Å². The number of hydrogen-bond acceptors (Lipinski definition) is 2. The highest BCUT2D eigenvalue weighted by molar-refractivity contribution is 9.10. The van der Waals surface area contributed by atoms with Crippen molar-refractivity contribution in [1.29, 1.82) is 0 Å². The zero-order chi connectivity index (χ0) is 17.5. The summed E-state index contributed by atoms with van der Waals surface area (Å²) in [5.41, 5.74) is 1.19. The Morgan fingerprint density at radius 3 is 2.58 bits per heavy atom. The maximum Gasteiger partial charge on any atom is 0.416 e. The largest absolute Gasteiger partial charge is 0.416 e. The second-order valence-corrected chi connectivity index (χ2v) is 7.41. The van der Waals surface area contributed by atoms with Crippen molar-refractivity contribution in [2.45, 2.75) is 18.0 Å². The highest BCUT2D eigenvalue weighted by Crippen LogP contribution is 2.38. The van der Waals surface area contributed by atoms with E-state index in [4.69, 9.17) is 0 Å². The van der Waals surface area contributed by atoms with Crippen LogP contribution in [0.2, 0.25) is 0 Å². The predicted octanol–water partition coefficient (Wildman–Crippen LogP) is 6.13. The second-order valence-electron chi connectivity index (χ2n) is 5.25. The number of alkyl halides is 3. The molecule has 0 fully saturated rings. The van der Waals surface area contributed by atoms with E-state index in [-0.39, 0.29) is 0 Å². The number of halogens is 4. The van der Waals surface area contributed by atoms with Crippen molar-refractivity contribution in [2.75, 3.05) is 5.75 Å². The lowest BCUT2D eigenvalue weighted by molar-refractivity contribution is -0.137. The lowest BCUT2D eigenvalue weighted by Gasteiger charge is -2.09. The monoisotopic (exact) mass is 414 g/mol. The summed E-state index contributed by atoms with van der Waals surface area (Å²) in [6, 6.07) is 9.99. The van der Waals surface area contributed by atoms with Gasteiger partial charge in [-0.25, -0.2) is 4.98 Å². The van der Waals surface area contributed by atoms with Gasteiger partial charge in [-0.2, -0.15) is 13.2 Å². The molecule has 0 atom stereocenters. The molecule has 2 nitrogen and oxygen atoms in total. The van der Waals surface area contributed by atoms with Gasteiger partial charge in [0, 0.05) is 22.0 Å². The van der Waals surface area contributed by atoms with Crippen LogP contribution >= 0.6 is 27.7 Å². The molecule has 0 aliphatic carbocycles. The average Bonchev–Trinajstić information content (AvgIpc) is 2.85. The predicted molar refractivity (Wildman–Crippen MR) is 95.3 cm³/mol. The SMILES string of the molecule is CCSc1ccccc1-c1nc2cc(C(F)(F)F)cc(Br)c2n1C. The Bertz CT molecular complexity index is 903. The van der Waals surface area contributed by atoms with Gasteiger partial charge >= 0.3 is 6.18 Å². The molecular weight excluding hydrogens is 401 g/mol. The van der Waals surface area contributed by atoms with E-state index in [2.05, 4.69) is 27.8 Å². The molecule has 7 heteroatoms. The molecule has 0 aliphatic heterocycles. The van der Waals surface area contributed by atoms with Crippen LogP contribution in [0.3, 0.4) is 0 Å². The lowest BCUT2D eigenvalue weighted by atomic mass is 10.2. The van der Waals surface area contributed by atoms with E-state index >= 15 is 0 Å². The minimum absolute atomic E-state index is 0.325. The fraction of sp³-hybridized carbons (Fsp3) is 0.235. The summed E-state index contributed by atoms with van der Waals surface area (Å²) < 4.78 is 41.3. The number of aromatic nitrogens is 2. The first-order valence-electron chi connectivity index (χ1n) is 7.28. The molecule has 1 heterocycles. The van der Waals surface area contributed by atoms with E-state index in [0.717, 1.165) is 28.3 Å². The Hall–Kier alpha value is -1.47. The van der Waals surface area contributed by atoms with Gasteiger partial charge in [0.1, 0.15) is 5.82 Å². The summed E-state index contributed by atoms with van der Waals surface area (Å²) in [4.78, 5) is 5.54. The van der Waals surface area contributed by atoms with Crippen LogP contribution in [-0.4, -0.2) is 15.3 Å².